The van der Waals surface area contributed by atoms with Crippen molar-refractivity contribution in [3.05, 3.63) is 146 Å². The molecule has 11 heteroatoms. The number of carbonyl (C=O) groups excluding carboxylic acids is 2. The Balaban J connectivity index is 1.63. The van der Waals surface area contributed by atoms with Gasteiger partial charge in [-0.1, -0.05) is 121 Å². The van der Waals surface area contributed by atoms with Crippen LogP contribution in [0.4, 0.5) is 18.9 Å². The molecule has 1 aliphatic rings. The third kappa shape index (κ3) is 5.51. The number of benzene rings is 5. The van der Waals surface area contributed by atoms with Crippen LogP contribution < -0.4 is 30.9 Å². The first-order valence-corrected chi connectivity index (χ1v) is 17.8. The fraction of sp³-hybridized carbons (Fsp3) is 0.0857. The van der Waals surface area contributed by atoms with Gasteiger partial charge in [-0.25, -0.2) is 4.90 Å². The second kappa shape index (κ2) is 12.2. The van der Waals surface area contributed by atoms with Crippen molar-refractivity contribution in [1.82, 2.24) is 0 Å². The van der Waals surface area contributed by atoms with Crippen molar-refractivity contribution in [2.45, 2.75) is 17.7 Å². The molecule has 1 aliphatic heterocycles. The number of ether oxygens (including phenoxy) is 1. The Morgan fingerprint density at radius 3 is 1.09 bits per heavy atom. The maximum atomic E-state index is 15.8. The van der Waals surface area contributed by atoms with E-state index in [0.717, 1.165) is 29.2 Å². The molecule has 2 unspecified atom stereocenters. The minimum atomic E-state index is -4.95. The average molecular weight is 660 g/mol. The molecule has 5 aromatic rings. The monoisotopic (exact) mass is 659 g/mol. The molecule has 232 valence electrons. The van der Waals surface area contributed by atoms with Gasteiger partial charge in [0.2, 0.25) is 11.8 Å². The molecular formula is C35H26F3NO5P2. The zero-order chi connectivity index (χ0) is 32.5. The lowest BCUT2D eigenvalue weighted by atomic mass is 10.3. The van der Waals surface area contributed by atoms with Crippen LogP contribution in [0.5, 0.6) is 5.75 Å². The maximum Gasteiger partial charge on any atom is 0.573 e. The standard InChI is InChI=1S/C35H26F3NO5P2/c36-35(37,38)44-26-23-21-25(22-24-26)39-33(40)31(45(42,27-13-5-1-6-14-27)28-15-7-2-8-16-28)32(34(39)41)46(43,29-17-9-3-10-18-29)30-19-11-4-12-20-30/h1-24,31-32H. The van der Waals surface area contributed by atoms with Crippen molar-refractivity contribution < 1.29 is 36.6 Å². The molecule has 0 bridgehead atoms. The van der Waals surface area contributed by atoms with E-state index in [0.29, 0.717) is 21.2 Å². The van der Waals surface area contributed by atoms with E-state index < -0.39 is 49.5 Å². The summed E-state index contributed by atoms with van der Waals surface area (Å²) in [5.74, 6) is -2.30. The van der Waals surface area contributed by atoms with Gasteiger partial charge in [0.05, 0.1) is 5.69 Å². The van der Waals surface area contributed by atoms with Gasteiger partial charge in [-0.2, -0.15) is 0 Å². The van der Waals surface area contributed by atoms with Gasteiger partial charge < -0.3 is 13.9 Å². The van der Waals surface area contributed by atoms with Crippen molar-refractivity contribution in [3.8, 4) is 5.75 Å². The number of amides is 2. The quantitative estimate of drug-likeness (QED) is 0.146. The van der Waals surface area contributed by atoms with Crippen molar-refractivity contribution in [3.63, 3.8) is 0 Å². The number of halogens is 3. The Bertz CT molecular complexity index is 1750. The summed E-state index contributed by atoms with van der Waals surface area (Å²) in [7, 11) is -8.22. The molecule has 0 N–H and O–H groups in total. The number of rotatable bonds is 8. The highest BCUT2D eigenvalue weighted by Gasteiger charge is 2.63. The number of imide groups is 1. The van der Waals surface area contributed by atoms with E-state index in [1.54, 1.807) is 121 Å². The predicted molar refractivity (Wildman–Crippen MR) is 173 cm³/mol. The van der Waals surface area contributed by atoms with Crippen LogP contribution >= 0.6 is 14.3 Å². The van der Waals surface area contributed by atoms with Crippen LogP contribution in [0, 0.1) is 0 Å². The van der Waals surface area contributed by atoms with Gasteiger partial charge in [0.25, 0.3) is 0 Å². The number of hydrogen-bond donors (Lipinski definition) is 0. The second-order valence-corrected chi connectivity index (χ2v) is 16.4. The number of hydrogen-bond acceptors (Lipinski definition) is 5. The SMILES string of the molecule is O=C1C(P(=O)(c2ccccc2)c2ccccc2)C(P(=O)(c2ccccc2)c2ccccc2)C(=O)N1c1ccc(OC(F)(F)F)cc1. The fourth-order valence-corrected chi connectivity index (χ4v) is 13.3. The second-order valence-electron chi connectivity index (χ2n) is 10.6. The number of alkyl halides is 3. The highest BCUT2D eigenvalue weighted by Crippen LogP contribution is 2.63. The highest BCUT2D eigenvalue weighted by molar-refractivity contribution is 7.84. The molecule has 1 fully saturated rings. The zero-order valence-corrected chi connectivity index (χ0v) is 25.8. The molecule has 0 spiro atoms. The third-order valence-corrected chi connectivity index (χ3v) is 15.0. The first-order valence-electron chi connectivity index (χ1n) is 14.2. The van der Waals surface area contributed by atoms with Gasteiger partial charge in [0.1, 0.15) is 17.1 Å². The number of nitrogens with zero attached hydrogens (tertiary/aromatic N) is 1. The number of anilines is 1. The molecule has 0 aromatic heterocycles. The topological polar surface area (TPSA) is 80.8 Å². The van der Waals surface area contributed by atoms with E-state index in [9.17, 15) is 22.8 Å². The molecule has 1 heterocycles. The van der Waals surface area contributed by atoms with Gasteiger partial charge in [-0.3, -0.25) is 9.59 Å². The van der Waals surface area contributed by atoms with Crippen molar-refractivity contribution >= 4 is 53.0 Å². The lowest BCUT2D eigenvalue weighted by molar-refractivity contribution is -0.274. The van der Waals surface area contributed by atoms with Gasteiger partial charge in [-0.15, -0.1) is 13.2 Å². The van der Waals surface area contributed by atoms with E-state index in [1.807, 2.05) is 0 Å². The Kier molecular flexibility index (Phi) is 8.32. The van der Waals surface area contributed by atoms with Gasteiger partial charge >= 0.3 is 6.36 Å². The summed E-state index contributed by atoms with van der Waals surface area (Å²) in [6.07, 6.45) is -4.95. The summed E-state index contributed by atoms with van der Waals surface area (Å²) in [4.78, 5) is 30.3. The van der Waals surface area contributed by atoms with Crippen LogP contribution in [-0.2, 0) is 18.7 Å². The van der Waals surface area contributed by atoms with E-state index in [-0.39, 0.29) is 5.69 Å². The molecule has 2 amide bonds. The lowest BCUT2D eigenvalue weighted by Crippen LogP contribution is -2.41. The molecule has 6 nitrogen and oxygen atoms in total. The van der Waals surface area contributed by atoms with Gasteiger partial charge in [0, 0.05) is 21.2 Å². The van der Waals surface area contributed by atoms with E-state index in [1.165, 1.54) is 0 Å². The third-order valence-electron chi connectivity index (χ3n) is 7.92. The normalized spacial score (nSPS) is 17.2. The van der Waals surface area contributed by atoms with Crippen LogP contribution in [0.3, 0.4) is 0 Å². The molecule has 0 aliphatic carbocycles. The van der Waals surface area contributed by atoms with Crippen LogP contribution in [-0.4, -0.2) is 29.5 Å². The summed E-state index contributed by atoms with van der Waals surface area (Å²) in [6, 6.07) is 37.5. The van der Waals surface area contributed by atoms with Crippen LogP contribution in [0.15, 0.2) is 146 Å². The largest absolute Gasteiger partial charge is 0.573 e. The smallest absolute Gasteiger partial charge is 0.406 e. The Morgan fingerprint density at radius 2 is 0.804 bits per heavy atom. The van der Waals surface area contributed by atoms with Gasteiger partial charge in [0.15, 0.2) is 14.3 Å². The van der Waals surface area contributed by atoms with Crippen molar-refractivity contribution in [2.75, 3.05) is 4.90 Å². The maximum absolute atomic E-state index is 15.8. The van der Waals surface area contributed by atoms with Crippen molar-refractivity contribution in [1.29, 1.82) is 0 Å². The first-order chi connectivity index (χ1) is 22.0. The molecule has 0 radical (unpaired) electrons. The van der Waals surface area contributed by atoms with E-state index >= 15 is 9.13 Å². The molecule has 2 atom stereocenters. The summed E-state index contributed by atoms with van der Waals surface area (Å²) in [5.41, 5.74) is -3.32. The Labute approximate surface area is 263 Å². The van der Waals surface area contributed by atoms with E-state index in [4.69, 9.17) is 0 Å². The average Bonchev–Trinajstić information content (AvgIpc) is 3.35. The highest BCUT2D eigenvalue weighted by atomic mass is 31.2. The minimum absolute atomic E-state index is 0.0719. The van der Waals surface area contributed by atoms with Crippen LogP contribution in [0.25, 0.3) is 0 Å². The summed E-state index contributed by atoms with van der Waals surface area (Å²) < 4.78 is 74.2. The number of carbonyl (C=O) groups is 2. The zero-order valence-electron chi connectivity index (χ0n) is 24.0. The Hall–Kier alpha value is -4.71. The molecule has 46 heavy (non-hydrogen) atoms. The minimum Gasteiger partial charge on any atom is -0.406 e. The molecule has 0 saturated carbocycles. The molecule has 5 aromatic carbocycles. The van der Waals surface area contributed by atoms with Crippen LogP contribution in [0.1, 0.15) is 0 Å². The van der Waals surface area contributed by atoms with Gasteiger partial charge in [-0.05, 0) is 24.3 Å². The van der Waals surface area contributed by atoms with Crippen molar-refractivity contribution in [2.24, 2.45) is 0 Å². The Morgan fingerprint density at radius 1 is 0.500 bits per heavy atom. The predicted octanol–water partition coefficient (Wildman–Crippen LogP) is 6.22. The summed E-state index contributed by atoms with van der Waals surface area (Å²) >= 11 is 0. The molecule has 1 saturated heterocycles. The molecular weight excluding hydrogens is 633 g/mol. The lowest BCUT2D eigenvalue weighted by Gasteiger charge is -2.32. The fourth-order valence-electron chi connectivity index (χ4n) is 5.94. The van der Waals surface area contributed by atoms with E-state index in [2.05, 4.69) is 4.74 Å². The first kappa shape index (κ1) is 31.3. The summed E-state index contributed by atoms with van der Waals surface area (Å²) in [5, 5.41) is 1.17. The molecule has 6 rings (SSSR count). The van der Waals surface area contributed by atoms with Crippen LogP contribution in [0.2, 0.25) is 0 Å². The summed E-state index contributed by atoms with van der Waals surface area (Å²) in [6.45, 7) is 0.